The second kappa shape index (κ2) is 25.5. The van der Waals surface area contributed by atoms with Gasteiger partial charge in [0.05, 0.1) is 33.0 Å². The van der Waals surface area contributed by atoms with Crippen molar-refractivity contribution in [1.29, 1.82) is 0 Å². The summed E-state index contributed by atoms with van der Waals surface area (Å²) in [5.74, 6) is 0. The number of nitrogens with two attached hydrogens (primary N) is 2. The Morgan fingerprint density at radius 1 is 0.556 bits per heavy atom. The molecule has 0 spiro atoms. The highest BCUT2D eigenvalue weighted by Crippen LogP contribution is 1.84. The Hall–Kier alpha value is -0.320. The average Bonchev–Trinajstić information content (AvgIpc) is 2.40. The van der Waals surface area contributed by atoms with Gasteiger partial charge in [-0.05, 0) is 0 Å². The minimum atomic E-state index is 0.0694. The molecule has 9 N–H and O–H groups in total. The third kappa shape index (κ3) is 29.6. The maximum atomic E-state index is 8.48. The van der Waals surface area contributed by atoms with Crippen molar-refractivity contribution in [3.63, 3.8) is 0 Å². The average molecular weight is 271 g/mol. The summed E-state index contributed by atoms with van der Waals surface area (Å²) in [6, 6.07) is 0. The Labute approximate surface area is 108 Å². The summed E-state index contributed by atoms with van der Waals surface area (Å²) < 4.78 is 0. The number of aliphatic hydroxyl groups excluding tert-OH is 5. The van der Waals surface area contributed by atoms with Crippen LogP contribution in [0.1, 0.15) is 0 Å². The van der Waals surface area contributed by atoms with Crippen LogP contribution in [0.15, 0.2) is 0 Å². The van der Waals surface area contributed by atoms with Crippen molar-refractivity contribution < 1.29 is 25.5 Å². The van der Waals surface area contributed by atoms with Crippen molar-refractivity contribution in [3.05, 3.63) is 0 Å². The fourth-order valence-corrected chi connectivity index (χ4v) is 0.760. The van der Waals surface area contributed by atoms with Crippen molar-refractivity contribution in [3.8, 4) is 0 Å². The van der Waals surface area contributed by atoms with E-state index >= 15 is 0 Å². The van der Waals surface area contributed by atoms with Gasteiger partial charge in [0.25, 0.3) is 0 Å². The molecule has 0 aliphatic carbocycles. The van der Waals surface area contributed by atoms with E-state index in [0.29, 0.717) is 32.7 Å². The van der Waals surface area contributed by atoms with Crippen molar-refractivity contribution in [2.75, 3.05) is 65.8 Å². The molecule has 0 aromatic carbocycles. The zero-order chi connectivity index (χ0) is 14.6. The van der Waals surface area contributed by atoms with E-state index in [1.807, 2.05) is 0 Å². The molecule has 0 radical (unpaired) electrons. The molecule has 114 valence electrons. The SMILES string of the molecule is NCCO.NCCO.OCCN(CCO)CCO. The van der Waals surface area contributed by atoms with Gasteiger partial charge in [0, 0.05) is 32.7 Å². The first kappa shape index (κ1) is 22.8. The number of hydrogen-bond acceptors (Lipinski definition) is 8. The number of rotatable bonds is 8. The minimum absolute atomic E-state index is 0.0694. The molecule has 8 nitrogen and oxygen atoms in total. The monoisotopic (exact) mass is 271 g/mol. The van der Waals surface area contributed by atoms with Gasteiger partial charge in [0.2, 0.25) is 0 Å². The summed E-state index contributed by atoms with van der Waals surface area (Å²) in [6.45, 7) is 2.70. The molecule has 0 unspecified atom stereocenters. The normalized spacial score (nSPS) is 9.33. The van der Waals surface area contributed by atoms with E-state index in [9.17, 15) is 0 Å². The highest BCUT2D eigenvalue weighted by atomic mass is 16.3. The molecule has 0 saturated carbocycles. The fraction of sp³-hybridized carbons (Fsp3) is 1.00. The number of hydrogen-bond donors (Lipinski definition) is 7. The summed E-state index contributed by atoms with van der Waals surface area (Å²) >= 11 is 0. The van der Waals surface area contributed by atoms with Crippen molar-refractivity contribution in [1.82, 2.24) is 4.90 Å². The highest BCUT2D eigenvalue weighted by molar-refractivity contribution is 4.54. The number of nitrogens with zero attached hydrogens (tertiary/aromatic N) is 1. The van der Waals surface area contributed by atoms with Crippen LogP contribution in [0.4, 0.5) is 0 Å². The van der Waals surface area contributed by atoms with Crippen LogP contribution in [-0.2, 0) is 0 Å². The fourth-order valence-electron chi connectivity index (χ4n) is 0.760. The first-order valence-electron chi connectivity index (χ1n) is 5.85. The Kier molecular flexibility index (Phi) is 32.3. The molecular weight excluding hydrogens is 242 g/mol. The van der Waals surface area contributed by atoms with E-state index in [0.717, 1.165) is 0 Å². The van der Waals surface area contributed by atoms with Crippen LogP contribution in [0.2, 0.25) is 0 Å². The predicted octanol–water partition coefficient (Wildman–Crippen LogP) is -3.86. The molecule has 0 rings (SSSR count). The molecule has 0 aromatic heterocycles. The zero-order valence-electron chi connectivity index (χ0n) is 10.9. The van der Waals surface area contributed by atoms with Crippen LogP contribution in [0.3, 0.4) is 0 Å². The molecule has 0 atom stereocenters. The molecule has 0 heterocycles. The van der Waals surface area contributed by atoms with Gasteiger partial charge in [-0.15, -0.1) is 0 Å². The lowest BCUT2D eigenvalue weighted by Gasteiger charge is -2.17. The first-order valence-corrected chi connectivity index (χ1v) is 5.85. The molecule has 0 bridgehead atoms. The van der Waals surface area contributed by atoms with Gasteiger partial charge in [-0.1, -0.05) is 0 Å². The maximum absolute atomic E-state index is 8.48. The van der Waals surface area contributed by atoms with Gasteiger partial charge in [0.15, 0.2) is 0 Å². The van der Waals surface area contributed by atoms with Gasteiger partial charge in [-0.25, -0.2) is 0 Å². The van der Waals surface area contributed by atoms with E-state index in [1.54, 1.807) is 4.90 Å². The second-order valence-electron chi connectivity index (χ2n) is 3.04. The summed E-state index contributed by atoms with van der Waals surface area (Å²) in [5.41, 5.74) is 9.56. The van der Waals surface area contributed by atoms with Gasteiger partial charge in [-0.3, -0.25) is 4.90 Å². The van der Waals surface area contributed by atoms with Gasteiger partial charge in [-0.2, -0.15) is 0 Å². The smallest absolute Gasteiger partial charge is 0.0558 e. The Balaban J connectivity index is -0.000000233. The molecular formula is C10H29N3O5. The Morgan fingerprint density at radius 3 is 0.889 bits per heavy atom. The van der Waals surface area contributed by atoms with Gasteiger partial charge >= 0.3 is 0 Å². The maximum Gasteiger partial charge on any atom is 0.0558 e. The van der Waals surface area contributed by atoms with Crippen LogP contribution < -0.4 is 11.5 Å². The lowest BCUT2D eigenvalue weighted by atomic mass is 10.4. The van der Waals surface area contributed by atoms with Crippen LogP contribution >= 0.6 is 0 Å². The van der Waals surface area contributed by atoms with Crippen LogP contribution in [0.5, 0.6) is 0 Å². The molecule has 0 aliphatic rings. The Morgan fingerprint density at radius 2 is 0.778 bits per heavy atom. The number of aliphatic hydroxyl groups is 5. The molecule has 0 aromatic rings. The minimum Gasteiger partial charge on any atom is -0.395 e. The second-order valence-corrected chi connectivity index (χ2v) is 3.04. The van der Waals surface area contributed by atoms with Crippen LogP contribution in [0.25, 0.3) is 0 Å². The standard InChI is InChI=1S/C6H15NO3.2C2H7NO/c8-4-1-7(2-5-9)3-6-10;2*3-1-2-4/h8-10H,1-6H2;2*4H,1-3H2. The summed E-state index contributed by atoms with van der Waals surface area (Å²) in [4.78, 5) is 1.79. The first-order chi connectivity index (χ1) is 8.67. The van der Waals surface area contributed by atoms with E-state index in [2.05, 4.69) is 0 Å². The quantitative estimate of drug-likeness (QED) is 0.236. The third-order valence-corrected chi connectivity index (χ3v) is 1.51. The predicted molar refractivity (Wildman–Crippen MR) is 70.0 cm³/mol. The van der Waals surface area contributed by atoms with Crippen molar-refractivity contribution in [2.45, 2.75) is 0 Å². The summed E-state index contributed by atoms with van der Waals surface area (Å²) in [5, 5.41) is 41.0. The van der Waals surface area contributed by atoms with Gasteiger partial charge in [0.1, 0.15) is 0 Å². The van der Waals surface area contributed by atoms with Crippen molar-refractivity contribution >= 4 is 0 Å². The lowest BCUT2D eigenvalue weighted by Crippen LogP contribution is -2.32. The summed E-state index contributed by atoms with van der Waals surface area (Å²) in [7, 11) is 0. The Bertz CT molecular complexity index is 99.4. The topological polar surface area (TPSA) is 156 Å². The van der Waals surface area contributed by atoms with Crippen LogP contribution in [-0.4, -0.2) is 96.2 Å². The van der Waals surface area contributed by atoms with Crippen molar-refractivity contribution in [2.24, 2.45) is 11.5 Å². The highest BCUT2D eigenvalue weighted by Gasteiger charge is 2.00. The van der Waals surface area contributed by atoms with E-state index in [4.69, 9.17) is 37.0 Å². The molecule has 0 amide bonds. The van der Waals surface area contributed by atoms with E-state index in [-0.39, 0.29) is 33.0 Å². The van der Waals surface area contributed by atoms with Crippen LogP contribution in [0, 0.1) is 0 Å². The van der Waals surface area contributed by atoms with E-state index < -0.39 is 0 Å². The summed E-state index contributed by atoms with van der Waals surface area (Å²) in [6.07, 6.45) is 0. The lowest BCUT2D eigenvalue weighted by molar-refractivity contribution is 0.136. The molecule has 18 heavy (non-hydrogen) atoms. The van der Waals surface area contributed by atoms with E-state index in [1.165, 1.54) is 0 Å². The molecule has 8 heteroatoms. The molecule has 0 aliphatic heterocycles. The zero-order valence-corrected chi connectivity index (χ0v) is 10.9. The van der Waals surface area contributed by atoms with Gasteiger partial charge < -0.3 is 37.0 Å². The largest absolute Gasteiger partial charge is 0.395 e. The molecule has 0 saturated heterocycles. The third-order valence-electron chi connectivity index (χ3n) is 1.51. The molecule has 0 fully saturated rings.